The summed E-state index contributed by atoms with van der Waals surface area (Å²) in [5, 5.41) is 9.33. The van der Waals surface area contributed by atoms with Crippen molar-refractivity contribution < 1.29 is 24.1 Å². The summed E-state index contributed by atoms with van der Waals surface area (Å²) in [6, 6.07) is 4.97. The molecule has 9 nitrogen and oxygen atoms in total. The number of nitrogens with zero attached hydrogens (tertiary/aromatic N) is 3. The number of ether oxygens (including phenoxy) is 3. The number of carbonyl (C=O) groups is 1. The third kappa shape index (κ3) is 5.22. The first-order valence-electron chi connectivity index (χ1n) is 9.65. The van der Waals surface area contributed by atoms with E-state index in [4.69, 9.17) is 36.7 Å². The van der Waals surface area contributed by atoms with Gasteiger partial charge in [0.1, 0.15) is 5.82 Å². The molecule has 0 amide bonds. The summed E-state index contributed by atoms with van der Waals surface area (Å²) in [6.07, 6.45) is 0.815. The van der Waals surface area contributed by atoms with Gasteiger partial charge in [0.05, 0.1) is 19.3 Å². The number of aryl methyl sites for hydroxylation is 1. The Morgan fingerprint density at radius 1 is 1.33 bits per heavy atom. The minimum absolute atomic E-state index is 0.201. The van der Waals surface area contributed by atoms with Crippen LogP contribution in [0.25, 0.3) is 0 Å². The van der Waals surface area contributed by atoms with Gasteiger partial charge >= 0.3 is 5.97 Å². The highest BCUT2D eigenvalue weighted by Gasteiger charge is 2.28. The number of hydrogen-bond donors (Lipinski definition) is 2. The van der Waals surface area contributed by atoms with Gasteiger partial charge in [0.2, 0.25) is 5.95 Å². The van der Waals surface area contributed by atoms with Gasteiger partial charge in [0.15, 0.2) is 18.1 Å². The van der Waals surface area contributed by atoms with Crippen molar-refractivity contribution in [3.63, 3.8) is 0 Å². The number of carboxylic acids is 1. The molecule has 1 saturated heterocycles. The minimum Gasteiger partial charge on any atom is -0.490 e. The fraction of sp³-hybridized carbons (Fsp3) is 0.450. The van der Waals surface area contributed by atoms with Crippen molar-refractivity contribution >= 4 is 29.3 Å². The van der Waals surface area contributed by atoms with Gasteiger partial charge in [-0.2, -0.15) is 4.98 Å². The monoisotopic (exact) mass is 436 g/mol. The van der Waals surface area contributed by atoms with Crippen molar-refractivity contribution in [2.75, 3.05) is 43.6 Å². The predicted molar refractivity (Wildman–Crippen MR) is 112 cm³/mol. The molecule has 162 valence electrons. The molecule has 30 heavy (non-hydrogen) atoms. The van der Waals surface area contributed by atoms with Crippen LogP contribution < -0.4 is 20.1 Å². The van der Waals surface area contributed by atoms with E-state index in [9.17, 15) is 4.79 Å². The molecular formula is C20H25ClN4O5. The zero-order valence-electron chi connectivity index (χ0n) is 16.9. The molecule has 10 heteroatoms. The Hall–Kier alpha value is -2.78. The summed E-state index contributed by atoms with van der Waals surface area (Å²) in [7, 11) is 0. The quantitative estimate of drug-likeness (QED) is 0.674. The fourth-order valence-corrected chi connectivity index (χ4v) is 3.64. The zero-order chi connectivity index (χ0) is 21.7. The summed E-state index contributed by atoms with van der Waals surface area (Å²) in [5.74, 6) is 0.498. The standard InChI is InChI=1S/C20H25ClN4O5/c1-3-29-16-8-13(14(21)9-17(16)30-11-19(26)27)15-10-28-6-4-5-25(15)18-7-12(2)23-20(22)24-18/h7-9,15H,3-6,10-11H2,1-2H3,(H,26,27)(H2,22,23,24). The molecule has 3 N–H and O–H groups in total. The van der Waals surface area contributed by atoms with Gasteiger partial charge in [0.25, 0.3) is 0 Å². The lowest BCUT2D eigenvalue weighted by Crippen LogP contribution is -2.32. The number of anilines is 2. The Labute approximate surface area is 179 Å². The molecule has 1 aliphatic rings. The molecule has 0 radical (unpaired) electrons. The van der Waals surface area contributed by atoms with Crippen molar-refractivity contribution in [3.8, 4) is 11.5 Å². The number of benzene rings is 1. The van der Waals surface area contributed by atoms with Crippen molar-refractivity contribution in [2.45, 2.75) is 26.3 Å². The summed E-state index contributed by atoms with van der Waals surface area (Å²) >= 11 is 6.60. The normalized spacial score (nSPS) is 16.8. The second kappa shape index (κ2) is 9.82. The molecule has 0 spiro atoms. The second-order valence-corrected chi connectivity index (χ2v) is 7.21. The van der Waals surface area contributed by atoms with Gasteiger partial charge in [-0.05, 0) is 31.9 Å². The summed E-state index contributed by atoms with van der Waals surface area (Å²) in [5.41, 5.74) is 7.40. The van der Waals surface area contributed by atoms with Gasteiger partial charge in [-0.15, -0.1) is 0 Å². The minimum atomic E-state index is -1.09. The largest absolute Gasteiger partial charge is 0.490 e. The SMILES string of the molecule is CCOc1cc(C2COCCCN2c2cc(C)nc(N)n2)c(Cl)cc1OCC(=O)O. The van der Waals surface area contributed by atoms with E-state index in [1.54, 1.807) is 12.1 Å². The number of nitrogen functional groups attached to an aromatic ring is 1. The lowest BCUT2D eigenvalue weighted by atomic mass is 10.0. The van der Waals surface area contributed by atoms with Crippen molar-refractivity contribution in [1.29, 1.82) is 0 Å². The van der Waals surface area contributed by atoms with Crippen molar-refractivity contribution in [3.05, 3.63) is 34.5 Å². The highest BCUT2D eigenvalue weighted by molar-refractivity contribution is 6.31. The van der Waals surface area contributed by atoms with E-state index in [0.29, 0.717) is 43.0 Å². The van der Waals surface area contributed by atoms with Crippen molar-refractivity contribution in [2.24, 2.45) is 0 Å². The maximum Gasteiger partial charge on any atom is 0.341 e. The molecule has 3 rings (SSSR count). The van der Waals surface area contributed by atoms with Gasteiger partial charge < -0.3 is 30.0 Å². The van der Waals surface area contributed by atoms with Gasteiger partial charge in [-0.3, -0.25) is 0 Å². The highest BCUT2D eigenvalue weighted by atomic mass is 35.5. The average molecular weight is 437 g/mol. The molecule has 1 fully saturated rings. The van der Waals surface area contributed by atoms with Crippen LogP contribution in [-0.2, 0) is 9.53 Å². The number of aromatic nitrogens is 2. The zero-order valence-corrected chi connectivity index (χ0v) is 17.7. The van der Waals surface area contributed by atoms with Crippen LogP contribution in [-0.4, -0.2) is 54.0 Å². The number of aliphatic carboxylic acids is 1. The molecule has 1 aromatic heterocycles. The molecule has 2 heterocycles. The number of carboxylic acid groups (broad SMARTS) is 1. The third-order valence-electron chi connectivity index (χ3n) is 4.56. The molecule has 1 aromatic carbocycles. The number of halogens is 1. The summed E-state index contributed by atoms with van der Waals surface area (Å²) in [6.45, 7) is 5.29. The fourth-order valence-electron chi connectivity index (χ4n) is 3.36. The van der Waals surface area contributed by atoms with E-state index < -0.39 is 12.6 Å². The molecule has 1 atom stereocenters. The molecular weight excluding hydrogens is 412 g/mol. The molecule has 1 aliphatic heterocycles. The second-order valence-electron chi connectivity index (χ2n) is 6.80. The molecule has 0 bridgehead atoms. The first-order valence-corrected chi connectivity index (χ1v) is 10.0. The van der Waals surface area contributed by atoms with E-state index in [0.717, 1.165) is 17.7 Å². The molecule has 0 saturated carbocycles. The summed E-state index contributed by atoms with van der Waals surface area (Å²) < 4.78 is 16.8. The van der Waals surface area contributed by atoms with Crippen LogP contribution >= 0.6 is 11.6 Å². The van der Waals surface area contributed by atoms with Crippen LogP contribution in [0.15, 0.2) is 18.2 Å². The first-order chi connectivity index (χ1) is 14.4. The Bertz CT molecular complexity index is 891. The van der Waals surface area contributed by atoms with Gasteiger partial charge in [0, 0.05) is 36.0 Å². The van der Waals surface area contributed by atoms with Crippen LogP contribution in [0.4, 0.5) is 11.8 Å². The lowest BCUT2D eigenvalue weighted by molar-refractivity contribution is -0.139. The number of rotatable bonds is 7. The van der Waals surface area contributed by atoms with Gasteiger partial charge in [-0.25, -0.2) is 9.78 Å². The van der Waals surface area contributed by atoms with E-state index in [1.165, 1.54) is 0 Å². The topological polar surface area (TPSA) is 120 Å². The van der Waals surface area contributed by atoms with E-state index in [1.807, 2.05) is 19.9 Å². The maximum absolute atomic E-state index is 10.9. The Balaban J connectivity index is 2.02. The van der Waals surface area contributed by atoms with Crippen molar-refractivity contribution in [1.82, 2.24) is 9.97 Å². The number of hydrogen-bond acceptors (Lipinski definition) is 8. The average Bonchev–Trinajstić information content (AvgIpc) is 2.93. The third-order valence-corrected chi connectivity index (χ3v) is 4.89. The Kier molecular flexibility index (Phi) is 7.17. The molecule has 0 aliphatic carbocycles. The van der Waals surface area contributed by atoms with Gasteiger partial charge in [-0.1, -0.05) is 11.6 Å². The Morgan fingerprint density at radius 2 is 2.10 bits per heavy atom. The first kappa shape index (κ1) is 21.9. The maximum atomic E-state index is 10.9. The van der Waals surface area contributed by atoms with Crippen LogP contribution in [0.5, 0.6) is 11.5 Å². The summed E-state index contributed by atoms with van der Waals surface area (Å²) in [4.78, 5) is 21.5. The molecule has 2 aromatic rings. The molecule has 1 unspecified atom stereocenters. The smallest absolute Gasteiger partial charge is 0.341 e. The predicted octanol–water partition coefficient (Wildman–Crippen LogP) is 2.85. The Morgan fingerprint density at radius 3 is 2.80 bits per heavy atom. The highest BCUT2D eigenvalue weighted by Crippen LogP contribution is 2.40. The lowest BCUT2D eigenvalue weighted by Gasteiger charge is -2.32. The van der Waals surface area contributed by atoms with Crippen LogP contribution in [0.1, 0.15) is 30.6 Å². The van der Waals surface area contributed by atoms with Crippen LogP contribution in [0.3, 0.4) is 0 Å². The van der Waals surface area contributed by atoms with Crippen LogP contribution in [0, 0.1) is 6.92 Å². The van der Waals surface area contributed by atoms with E-state index in [2.05, 4.69) is 14.9 Å². The van der Waals surface area contributed by atoms with Crippen LogP contribution in [0.2, 0.25) is 5.02 Å². The van der Waals surface area contributed by atoms with E-state index >= 15 is 0 Å². The van der Waals surface area contributed by atoms with E-state index in [-0.39, 0.29) is 17.7 Å². The number of nitrogens with two attached hydrogens (primary N) is 1.